The number of hydrogen-bond acceptors (Lipinski definition) is 10. The van der Waals surface area contributed by atoms with E-state index in [2.05, 4.69) is 26.8 Å². The maximum absolute atomic E-state index is 12.6. The molecule has 0 amide bonds. The van der Waals surface area contributed by atoms with Crippen molar-refractivity contribution in [2.75, 3.05) is 13.7 Å². The van der Waals surface area contributed by atoms with Crippen molar-refractivity contribution < 1.29 is 50.0 Å². The van der Waals surface area contributed by atoms with Crippen LogP contribution < -0.4 is 0 Å². The second-order valence-corrected chi connectivity index (χ2v) is 15.4. The molecule has 17 unspecified atom stereocenters. The van der Waals surface area contributed by atoms with Gasteiger partial charge in [-0.1, -0.05) is 46.8 Å². The van der Waals surface area contributed by atoms with Crippen LogP contribution in [0.25, 0.3) is 0 Å². The van der Waals surface area contributed by atoms with Crippen molar-refractivity contribution in [1.29, 1.82) is 0 Å². The molecule has 248 valence electrons. The number of ether oxygens (including phenoxy) is 3. The Morgan fingerprint density at radius 3 is 2.21 bits per heavy atom. The Labute approximate surface area is 256 Å². The molecule has 5 fully saturated rings. The summed E-state index contributed by atoms with van der Waals surface area (Å²) in [5.74, 6) is -0.875. The van der Waals surface area contributed by atoms with Crippen molar-refractivity contribution in [3.63, 3.8) is 0 Å². The van der Waals surface area contributed by atoms with Crippen LogP contribution >= 0.6 is 0 Å². The van der Waals surface area contributed by atoms with E-state index < -0.39 is 78.0 Å². The average molecular weight is 613 g/mol. The van der Waals surface area contributed by atoms with Crippen LogP contribution in [0.15, 0.2) is 12.2 Å². The smallest absolute Gasteiger partial charge is 0.186 e. The fraction of sp³-hybridized carbons (Fsp3) is 0.939. The average Bonchev–Trinajstić information content (AvgIpc) is 3.21. The second-order valence-electron chi connectivity index (χ2n) is 15.4. The topological polar surface area (TPSA) is 169 Å². The van der Waals surface area contributed by atoms with Crippen molar-refractivity contribution in [2.24, 2.45) is 46.3 Å². The number of hydrogen-bond donors (Lipinski definition) is 7. The van der Waals surface area contributed by atoms with E-state index >= 15 is 0 Å². The summed E-state index contributed by atoms with van der Waals surface area (Å²) in [4.78, 5) is 0. The minimum Gasteiger partial charge on any atom is -0.393 e. The third-order valence-electron chi connectivity index (χ3n) is 12.7. The quantitative estimate of drug-likeness (QED) is 0.165. The first-order valence-electron chi connectivity index (χ1n) is 16.4. The van der Waals surface area contributed by atoms with Crippen LogP contribution in [0.5, 0.6) is 0 Å². The van der Waals surface area contributed by atoms with Crippen LogP contribution in [0, 0.1) is 46.3 Å². The van der Waals surface area contributed by atoms with Crippen molar-refractivity contribution in [3.05, 3.63) is 12.2 Å². The van der Waals surface area contributed by atoms with E-state index in [1.54, 1.807) is 0 Å². The van der Waals surface area contributed by atoms with Crippen LogP contribution in [0.3, 0.4) is 0 Å². The van der Waals surface area contributed by atoms with Crippen LogP contribution in [-0.2, 0) is 14.2 Å². The molecule has 7 N–H and O–H groups in total. The lowest BCUT2D eigenvalue weighted by Crippen LogP contribution is -2.71. The van der Waals surface area contributed by atoms with Crippen molar-refractivity contribution in [2.45, 2.75) is 134 Å². The maximum atomic E-state index is 12.6. The molecule has 4 aliphatic carbocycles. The van der Waals surface area contributed by atoms with Gasteiger partial charge in [0.25, 0.3) is 0 Å². The van der Waals surface area contributed by atoms with Gasteiger partial charge in [-0.2, -0.15) is 0 Å². The highest BCUT2D eigenvalue weighted by Crippen LogP contribution is 2.69. The highest BCUT2D eigenvalue weighted by atomic mass is 16.7. The van der Waals surface area contributed by atoms with Crippen molar-refractivity contribution in [3.8, 4) is 0 Å². The molecule has 5 aliphatic rings. The minimum atomic E-state index is -1.30. The van der Waals surface area contributed by atoms with Crippen molar-refractivity contribution >= 4 is 0 Å². The Balaban J connectivity index is 1.36. The molecule has 0 aromatic heterocycles. The van der Waals surface area contributed by atoms with Gasteiger partial charge in [0.2, 0.25) is 0 Å². The lowest BCUT2D eigenvalue weighted by molar-refractivity contribution is -0.320. The van der Waals surface area contributed by atoms with Gasteiger partial charge in [0, 0.05) is 25.4 Å². The van der Waals surface area contributed by atoms with Gasteiger partial charge in [-0.3, -0.25) is 0 Å². The Morgan fingerprint density at radius 1 is 0.884 bits per heavy atom. The summed E-state index contributed by atoms with van der Waals surface area (Å²) >= 11 is 0. The highest BCUT2D eigenvalue weighted by Gasteiger charge is 2.72. The molecule has 5 rings (SSSR count). The molecule has 10 heteroatoms. The Hall–Kier alpha value is -0.660. The molecule has 4 saturated carbocycles. The normalized spacial score (nSPS) is 53.3. The zero-order chi connectivity index (χ0) is 31.6. The first kappa shape index (κ1) is 33.7. The Morgan fingerprint density at radius 2 is 1.56 bits per heavy atom. The van der Waals surface area contributed by atoms with E-state index in [4.69, 9.17) is 14.2 Å². The summed E-state index contributed by atoms with van der Waals surface area (Å²) in [5, 5.41) is 78.2. The van der Waals surface area contributed by atoms with Gasteiger partial charge in [0.15, 0.2) is 6.29 Å². The standard InChI is InChI=1S/C33H56O10/c1-16(2)19(34)8-7-17(3)18-13-20(35)29-31(18,4)12-10-24-32(5)11-9-23(27(39)25(32)21(36)14-33(24,29)40)43-30-28(41-6)26(38)22(37)15-42-30/h7-8,16-30,34-40H,9-15H2,1-6H3. The van der Waals surface area contributed by atoms with Crippen LogP contribution in [0.1, 0.15) is 73.1 Å². The van der Waals surface area contributed by atoms with E-state index in [1.165, 1.54) is 7.11 Å². The van der Waals surface area contributed by atoms with Gasteiger partial charge in [0.05, 0.1) is 42.7 Å². The molecular weight excluding hydrogens is 556 g/mol. The number of allylic oxidation sites excluding steroid dienone is 1. The summed E-state index contributed by atoms with van der Waals surface area (Å²) in [5.41, 5.74) is -2.24. The molecule has 10 nitrogen and oxygen atoms in total. The van der Waals surface area contributed by atoms with E-state index in [0.717, 1.165) is 12.8 Å². The molecular formula is C33H56O10. The number of rotatable bonds is 7. The largest absolute Gasteiger partial charge is 0.393 e. The summed E-state index contributed by atoms with van der Waals surface area (Å²) in [6, 6.07) is 0. The van der Waals surface area contributed by atoms with E-state index in [0.29, 0.717) is 19.3 Å². The summed E-state index contributed by atoms with van der Waals surface area (Å²) in [7, 11) is 1.40. The fourth-order valence-corrected chi connectivity index (χ4v) is 10.5. The molecule has 0 spiro atoms. The maximum Gasteiger partial charge on any atom is 0.186 e. The van der Waals surface area contributed by atoms with E-state index in [1.807, 2.05) is 19.9 Å². The molecule has 0 bridgehead atoms. The lowest BCUT2D eigenvalue weighted by Gasteiger charge is -2.66. The van der Waals surface area contributed by atoms with Crippen LogP contribution in [-0.4, -0.2) is 110 Å². The lowest BCUT2D eigenvalue weighted by atomic mass is 9.41. The molecule has 0 aromatic rings. The fourth-order valence-electron chi connectivity index (χ4n) is 10.5. The third kappa shape index (κ3) is 5.45. The highest BCUT2D eigenvalue weighted by molar-refractivity contribution is 5.21. The molecule has 1 aliphatic heterocycles. The first-order valence-corrected chi connectivity index (χ1v) is 16.4. The van der Waals surface area contributed by atoms with E-state index in [9.17, 15) is 35.7 Å². The Bertz CT molecular complexity index is 1010. The van der Waals surface area contributed by atoms with E-state index in [-0.39, 0.29) is 42.1 Å². The summed E-state index contributed by atoms with van der Waals surface area (Å²) in [6.45, 7) is 10.2. The van der Waals surface area contributed by atoms with Crippen LogP contribution in [0.4, 0.5) is 0 Å². The van der Waals surface area contributed by atoms with Gasteiger partial charge in [0.1, 0.15) is 18.3 Å². The summed E-state index contributed by atoms with van der Waals surface area (Å²) < 4.78 is 17.1. The number of methoxy groups -OCH3 is 1. The number of aliphatic hydroxyl groups excluding tert-OH is 6. The zero-order valence-corrected chi connectivity index (χ0v) is 26.6. The number of aliphatic hydroxyl groups is 7. The van der Waals surface area contributed by atoms with Gasteiger partial charge >= 0.3 is 0 Å². The van der Waals surface area contributed by atoms with Gasteiger partial charge in [-0.05, 0) is 66.6 Å². The van der Waals surface area contributed by atoms with Gasteiger partial charge in [-0.15, -0.1) is 0 Å². The first-order chi connectivity index (χ1) is 20.1. The summed E-state index contributed by atoms with van der Waals surface area (Å²) in [6.07, 6.45) is -1.10. The Kier molecular flexibility index (Phi) is 9.54. The minimum absolute atomic E-state index is 0.0631. The molecule has 43 heavy (non-hydrogen) atoms. The monoisotopic (exact) mass is 612 g/mol. The molecule has 17 atom stereocenters. The van der Waals surface area contributed by atoms with Crippen LogP contribution in [0.2, 0.25) is 0 Å². The SMILES string of the molecule is COC1C(OC2CCC3(C)C(C(O)CC4(O)C3CCC3(C)C(C(C)C=CC(O)C(C)C)CC(O)C34)C2O)OCC(O)C1O. The molecule has 0 radical (unpaired) electrons. The molecule has 1 saturated heterocycles. The third-order valence-corrected chi connectivity index (χ3v) is 12.7. The predicted octanol–water partition coefficient (Wildman–Crippen LogP) is 1.36. The molecule has 1 heterocycles. The second kappa shape index (κ2) is 12.2. The zero-order valence-electron chi connectivity index (χ0n) is 26.6. The molecule has 0 aromatic carbocycles. The number of fused-ring (bicyclic) bond motifs is 5. The van der Waals surface area contributed by atoms with Gasteiger partial charge < -0.3 is 50.0 Å². The van der Waals surface area contributed by atoms with Gasteiger partial charge in [-0.25, -0.2) is 0 Å². The van der Waals surface area contributed by atoms with Crippen molar-refractivity contribution in [1.82, 2.24) is 0 Å². The predicted molar refractivity (Wildman–Crippen MR) is 157 cm³/mol.